The van der Waals surface area contributed by atoms with Crippen LogP contribution in [0.3, 0.4) is 0 Å². The number of carbonyl (C=O) groups is 2. The molecule has 2 N–H and O–H groups in total. The molecule has 6 heteroatoms. The van der Waals surface area contributed by atoms with Crippen LogP contribution in [-0.2, 0) is 16.1 Å². The Hall–Kier alpha value is -3.28. The van der Waals surface area contributed by atoms with E-state index < -0.39 is 12.0 Å². The van der Waals surface area contributed by atoms with Crippen molar-refractivity contribution in [1.82, 2.24) is 10.6 Å². The Bertz CT molecular complexity index is 949. The molecular weight excluding hydrogens is 368 g/mol. The number of para-hydroxylation sites is 1. The summed E-state index contributed by atoms with van der Waals surface area (Å²) in [6.45, 7) is 7.69. The molecule has 0 aliphatic carbocycles. The molecule has 0 radical (unpaired) electrons. The van der Waals surface area contributed by atoms with Crippen molar-refractivity contribution in [3.8, 4) is 5.75 Å². The third kappa shape index (κ3) is 4.77. The summed E-state index contributed by atoms with van der Waals surface area (Å²) < 4.78 is 11.5. The summed E-state index contributed by atoms with van der Waals surface area (Å²) >= 11 is 0. The first-order valence-corrected chi connectivity index (χ1v) is 9.62. The summed E-state index contributed by atoms with van der Waals surface area (Å²) in [4.78, 5) is 24.9. The van der Waals surface area contributed by atoms with Gasteiger partial charge in [-0.25, -0.2) is 9.59 Å². The first kappa shape index (κ1) is 20.5. The quantitative estimate of drug-likeness (QED) is 0.722. The highest BCUT2D eigenvalue weighted by atomic mass is 16.5. The maximum Gasteiger partial charge on any atom is 0.338 e. The van der Waals surface area contributed by atoms with Crippen LogP contribution < -0.4 is 15.4 Å². The lowest BCUT2D eigenvalue weighted by Crippen LogP contribution is -2.45. The Morgan fingerprint density at radius 1 is 1.07 bits per heavy atom. The molecule has 1 aliphatic heterocycles. The van der Waals surface area contributed by atoms with Gasteiger partial charge in [-0.2, -0.15) is 0 Å². The van der Waals surface area contributed by atoms with Crippen LogP contribution in [0.2, 0.25) is 0 Å². The summed E-state index contributed by atoms with van der Waals surface area (Å²) in [7, 11) is 0. The van der Waals surface area contributed by atoms with Gasteiger partial charge in [-0.1, -0.05) is 42.5 Å². The Labute approximate surface area is 170 Å². The Morgan fingerprint density at radius 2 is 1.76 bits per heavy atom. The summed E-state index contributed by atoms with van der Waals surface area (Å²) in [5.41, 5.74) is 3.74. The average molecular weight is 394 g/mol. The van der Waals surface area contributed by atoms with Gasteiger partial charge in [0.2, 0.25) is 0 Å². The van der Waals surface area contributed by atoms with Crippen molar-refractivity contribution >= 4 is 12.0 Å². The van der Waals surface area contributed by atoms with E-state index in [4.69, 9.17) is 9.47 Å². The minimum Gasteiger partial charge on any atom is -0.489 e. The first-order chi connectivity index (χ1) is 13.9. The molecule has 0 bridgehead atoms. The number of carbonyl (C=O) groups excluding carboxylic acids is 2. The molecule has 3 rings (SSSR count). The predicted octanol–water partition coefficient (Wildman–Crippen LogP) is 4.15. The molecule has 0 fully saturated rings. The summed E-state index contributed by atoms with van der Waals surface area (Å²) in [5, 5.41) is 5.48. The van der Waals surface area contributed by atoms with Gasteiger partial charge in [-0.05, 0) is 44.9 Å². The maximum atomic E-state index is 12.7. The third-order valence-corrected chi connectivity index (χ3v) is 4.71. The molecule has 2 aromatic rings. The van der Waals surface area contributed by atoms with E-state index in [9.17, 15) is 9.59 Å². The second-order valence-electron chi connectivity index (χ2n) is 7.28. The van der Waals surface area contributed by atoms with Crippen LogP contribution >= 0.6 is 0 Å². The van der Waals surface area contributed by atoms with E-state index in [-0.39, 0.29) is 12.1 Å². The van der Waals surface area contributed by atoms with Crippen LogP contribution in [0.15, 0.2) is 59.8 Å². The van der Waals surface area contributed by atoms with E-state index in [0.29, 0.717) is 29.2 Å². The van der Waals surface area contributed by atoms with Gasteiger partial charge in [0.1, 0.15) is 12.4 Å². The monoisotopic (exact) mass is 394 g/mol. The number of esters is 1. The van der Waals surface area contributed by atoms with Gasteiger partial charge < -0.3 is 20.1 Å². The van der Waals surface area contributed by atoms with Crippen molar-refractivity contribution in [3.63, 3.8) is 0 Å². The molecule has 152 valence electrons. The van der Waals surface area contributed by atoms with Crippen molar-refractivity contribution < 1.29 is 19.1 Å². The van der Waals surface area contributed by atoms with Crippen LogP contribution in [0.4, 0.5) is 4.79 Å². The van der Waals surface area contributed by atoms with Crippen molar-refractivity contribution in [3.05, 3.63) is 76.5 Å². The lowest BCUT2D eigenvalue weighted by molar-refractivity contribution is -0.143. The molecular formula is C23H26N2O4. The van der Waals surface area contributed by atoms with Crippen LogP contribution in [0.5, 0.6) is 5.75 Å². The van der Waals surface area contributed by atoms with Gasteiger partial charge in [0.25, 0.3) is 0 Å². The number of hydrogen-bond acceptors (Lipinski definition) is 4. The van der Waals surface area contributed by atoms with Gasteiger partial charge in [-0.3, -0.25) is 0 Å². The minimum absolute atomic E-state index is 0.270. The number of amides is 2. The van der Waals surface area contributed by atoms with E-state index in [0.717, 1.165) is 11.1 Å². The van der Waals surface area contributed by atoms with Crippen LogP contribution in [0, 0.1) is 6.92 Å². The number of allylic oxidation sites excluding steroid dienone is 1. The number of hydrogen-bond donors (Lipinski definition) is 2. The lowest BCUT2D eigenvalue weighted by Gasteiger charge is -2.29. The van der Waals surface area contributed by atoms with Gasteiger partial charge >= 0.3 is 12.0 Å². The Balaban J connectivity index is 1.93. The van der Waals surface area contributed by atoms with Crippen LogP contribution in [0.25, 0.3) is 0 Å². The Morgan fingerprint density at radius 3 is 2.48 bits per heavy atom. The molecule has 29 heavy (non-hydrogen) atoms. The van der Waals surface area contributed by atoms with Gasteiger partial charge in [0.05, 0.1) is 17.7 Å². The van der Waals surface area contributed by atoms with Crippen molar-refractivity contribution in [1.29, 1.82) is 0 Å². The van der Waals surface area contributed by atoms with Crippen molar-refractivity contribution in [2.24, 2.45) is 0 Å². The first-order valence-electron chi connectivity index (χ1n) is 9.62. The molecule has 0 saturated heterocycles. The molecule has 1 heterocycles. The minimum atomic E-state index is -0.664. The largest absolute Gasteiger partial charge is 0.489 e. The lowest BCUT2D eigenvalue weighted by atomic mass is 9.94. The molecule has 1 atom stereocenters. The highest BCUT2D eigenvalue weighted by Crippen LogP contribution is 2.34. The fourth-order valence-electron chi connectivity index (χ4n) is 3.25. The SMILES string of the molecule is CC1=C(C(=O)OC(C)C)C(c2ccccc2OCc2ccccc2C)NC(=O)N1. The van der Waals surface area contributed by atoms with E-state index in [2.05, 4.69) is 10.6 Å². The van der Waals surface area contributed by atoms with E-state index in [1.54, 1.807) is 20.8 Å². The normalized spacial score (nSPS) is 16.3. The molecule has 1 aliphatic rings. The third-order valence-electron chi connectivity index (χ3n) is 4.71. The molecule has 6 nitrogen and oxygen atoms in total. The van der Waals surface area contributed by atoms with Crippen LogP contribution in [0.1, 0.15) is 43.5 Å². The smallest absolute Gasteiger partial charge is 0.338 e. The standard InChI is InChI=1S/C23H26N2O4/c1-14(2)29-22(26)20-16(4)24-23(27)25-21(20)18-11-7-8-12-19(18)28-13-17-10-6-5-9-15(17)3/h5-12,14,21H,13H2,1-4H3,(H2,24,25,27). The predicted molar refractivity (Wildman–Crippen MR) is 110 cm³/mol. The average Bonchev–Trinajstić information content (AvgIpc) is 2.66. The Kier molecular flexibility index (Phi) is 6.22. The molecule has 0 saturated carbocycles. The zero-order valence-electron chi connectivity index (χ0n) is 17.1. The van der Waals surface area contributed by atoms with E-state index in [1.165, 1.54) is 0 Å². The number of aryl methyl sites for hydroxylation is 1. The van der Waals surface area contributed by atoms with E-state index in [1.807, 2.05) is 55.5 Å². The highest BCUT2D eigenvalue weighted by molar-refractivity contribution is 5.95. The fraction of sp³-hybridized carbons (Fsp3) is 0.304. The molecule has 2 aromatic carbocycles. The van der Waals surface area contributed by atoms with Gasteiger partial charge in [0, 0.05) is 11.3 Å². The number of urea groups is 1. The number of benzene rings is 2. The second kappa shape index (κ2) is 8.82. The zero-order chi connectivity index (χ0) is 21.0. The van der Waals surface area contributed by atoms with Crippen molar-refractivity contribution in [2.75, 3.05) is 0 Å². The van der Waals surface area contributed by atoms with Crippen molar-refractivity contribution in [2.45, 2.75) is 46.4 Å². The molecule has 0 spiro atoms. The molecule has 0 aromatic heterocycles. The van der Waals surface area contributed by atoms with Gasteiger partial charge in [0.15, 0.2) is 0 Å². The summed E-state index contributed by atoms with van der Waals surface area (Å²) in [6.07, 6.45) is -0.270. The van der Waals surface area contributed by atoms with E-state index >= 15 is 0 Å². The number of rotatable bonds is 6. The maximum absolute atomic E-state index is 12.7. The fourth-order valence-corrected chi connectivity index (χ4v) is 3.25. The molecule has 2 amide bonds. The topological polar surface area (TPSA) is 76.7 Å². The number of ether oxygens (including phenoxy) is 2. The summed E-state index contributed by atoms with van der Waals surface area (Å²) in [5.74, 6) is 0.134. The molecule has 1 unspecified atom stereocenters. The highest BCUT2D eigenvalue weighted by Gasteiger charge is 2.34. The van der Waals surface area contributed by atoms with Crippen LogP contribution in [-0.4, -0.2) is 18.1 Å². The summed E-state index contributed by atoms with van der Waals surface area (Å²) in [6, 6.07) is 14.4. The van der Waals surface area contributed by atoms with Gasteiger partial charge in [-0.15, -0.1) is 0 Å². The second-order valence-corrected chi connectivity index (χ2v) is 7.28. The number of nitrogens with one attached hydrogen (secondary N) is 2. The zero-order valence-corrected chi connectivity index (χ0v) is 17.1.